The van der Waals surface area contributed by atoms with Crippen molar-refractivity contribution in [2.45, 2.75) is 18.7 Å². The number of hydrogen-bond acceptors (Lipinski definition) is 3. The Morgan fingerprint density at radius 3 is 3.07 bits per heavy atom. The van der Waals surface area contributed by atoms with Crippen LogP contribution < -0.4 is 5.32 Å². The Morgan fingerprint density at radius 2 is 2.47 bits per heavy atom. The topological polar surface area (TPSA) is 42.7 Å². The molecular formula is C10H15ClN4. The zero-order valence-corrected chi connectivity index (χ0v) is 9.75. The standard InChI is InChI=1S/C10H15ClN4/c1-7-13-10(15(2)14-7)4-8-3-9(11)6-12-5-8/h3,9,12H,4-6H2,1-2H3. The first-order valence-corrected chi connectivity index (χ1v) is 5.49. The quantitative estimate of drug-likeness (QED) is 0.599. The molecule has 5 heteroatoms. The fourth-order valence-corrected chi connectivity index (χ4v) is 2.07. The van der Waals surface area contributed by atoms with Crippen molar-refractivity contribution in [2.75, 3.05) is 13.1 Å². The third kappa shape index (κ3) is 2.58. The van der Waals surface area contributed by atoms with Crippen LogP contribution in [0.4, 0.5) is 0 Å². The summed E-state index contributed by atoms with van der Waals surface area (Å²) in [4.78, 5) is 4.37. The van der Waals surface area contributed by atoms with Crippen LogP contribution in [-0.2, 0) is 13.5 Å². The van der Waals surface area contributed by atoms with Crippen molar-refractivity contribution in [3.8, 4) is 0 Å². The number of aryl methyl sites for hydroxylation is 2. The van der Waals surface area contributed by atoms with Crippen molar-refractivity contribution >= 4 is 11.6 Å². The summed E-state index contributed by atoms with van der Waals surface area (Å²) in [5.41, 5.74) is 1.29. The van der Waals surface area contributed by atoms with Crippen LogP contribution in [0.25, 0.3) is 0 Å². The van der Waals surface area contributed by atoms with Gasteiger partial charge in [-0.3, -0.25) is 4.68 Å². The summed E-state index contributed by atoms with van der Waals surface area (Å²) in [5, 5.41) is 7.59. The third-order valence-electron chi connectivity index (χ3n) is 2.45. The molecule has 15 heavy (non-hydrogen) atoms. The minimum absolute atomic E-state index is 0.100. The van der Waals surface area contributed by atoms with Gasteiger partial charge in [0.15, 0.2) is 0 Å². The first-order chi connectivity index (χ1) is 7.15. The molecule has 82 valence electrons. The predicted octanol–water partition coefficient (Wildman–Crippen LogP) is 0.803. The molecular weight excluding hydrogens is 212 g/mol. The lowest BCUT2D eigenvalue weighted by molar-refractivity contribution is 0.665. The number of hydrogen-bond donors (Lipinski definition) is 1. The van der Waals surface area contributed by atoms with Crippen LogP contribution in [-0.4, -0.2) is 33.2 Å². The summed E-state index contributed by atoms with van der Waals surface area (Å²) in [7, 11) is 1.92. The average molecular weight is 227 g/mol. The van der Waals surface area contributed by atoms with Gasteiger partial charge in [0.05, 0.1) is 5.38 Å². The second-order valence-electron chi connectivity index (χ2n) is 3.85. The summed E-state index contributed by atoms with van der Waals surface area (Å²) in [6.07, 6.45) is 2.94. The van der Waals surface area contributed by atoms with E-state index in [1.807, 2.05) is 18.7 Å². The van der Waals surface area contributed by atoms with E-state index >= 15 is 0 Å². The molecule has 0 aromatic carbocycles. The Labute approximate surface area is 94.3 Å². The third-order valence-corrected chi connectivity index (χ3v) is 2.73. The van der Waals surface area contributed by atoms with Gasteiger partial charge in [-0.2, -0.15) is 5.10 Å². The van der Waals surface area contributed by atoms with E-state index in [-0.39, 0.29) is 5.38 Å². The average Bonchev–Trinajstić information content (AvgIpc) is 2.45. The molecule has 1 aliphatic heterocycles. The van der Waals surface area contributed by atoms with Gasteiger partial charge in [-0.05, 0) is 6.92 Å². The number of alkyl halides is 1. The number of nitrogens with one attached hydrogen (secondary N) is 1. The second kappa shape index (κ2) is 4.33. The van der Waals surface area contributed by atoms with E-state index < -0.39 is 0 Å². The molecule has 2 rings (SSSR count). The molecule has 1 N–H and O–H groups in total. The summed E-state index contributed by atoms with van der Waals surface area (Å²) >= 11 is 6.04. The zero-order valence-electron chi connectivity index (χ0n) is 9.00. The number of nitrogens with zero attached hydrogens (tertiary/aromatic N) is 3. The van der Waals surface area contributed by atoms with Crippen molar-refractivity contribution in [3.63, 3.8) is 0 Å². The largest absolute Gasteiger partial charge is 0.311 e. The number of rotatable bonds is 2. The second-order valence-corrected chi connectivity index (χ2v) is 4.41. The zero-order chi connectivity index (χ0) is 10.8. The van der Waals surface area contributed by atoms with Crippen molar-refractivity contribution in [2.24, 2.45) is 7.05 Å². The summed E-state index contributed by atoms with van der Waals surface area (Å²) in [6, 6.07) is 0. The van der Waals surface area contributed by atoms with Crippen LogP contribution in [0.1, 0.15) is 11.6 Å². The monoisotopic (exact) mass is 226 g/mol. The van der Waals surface area contributed by atoms with Crippen LogP contribution in [0.5, 0.6) is 0 Å². The molecule has 0 aliphatic carbocycles. The van der Waals surface area contributed by atoms with Gasteiger partial charge in [-0.1, -0.05) is 11.6 Å². The SMILES string of the molecule is Cc1nc(CC2=CC(Cl)CNC2)n(C)n1. The molecule has 0 radical (unpaired) electrons. The van der Waals surface area contributed by atoms with Crippen LogP contribution >= 0.6 is 11.6 Å². The normalized spacial score (nSPS) is 21.5. The van der Waals surface area contributed by atoms with Crippen LogP contribution in [0.3, 0.4) is 0 Å². The maximum atomic E-state index is 6.04. The first kappa shape index (κ1) is 10.6. The van der Waals surface area contributed by atoms with E-state index in [1.165, 1.54) is 5.57 Å². The van der Waals surface area contributed by atoms with Crippen molar-refractivity contribution in [3.05, 3.63) is 23.3 Å². The van der Waals surface area contributed by atoms with Gasteiger partial charge in [0, 0.05) is 26.6 Å². The van der Waals surface area contributed by atoms with Gasteiger partial charge >= 0.3 is 0 Å². The lowest BCUT2D eigenvalue weighted by Gasteiger charge is -2.17. The van der Waals surface area contributed by atoms with Gasteiger partial charge < -0.3 is 5.32 Å². The summed E-state index contributed by atoms with van der Waals surface area (Å²) in [5.74, 6) is 1.81. The van der Waals surface area contributed by atoms with E-state index in [9.17, 15) is 0 Å². The lowest BCUT2D eigenvalue weighted by Crippen LogP contribution is -2.30. The Bertz CT molecular complexity index is 383. The molecule has 1 aromatic rings. The van der Waals surface area contributed by atoms with Gasteiger partial charge in [0.2, 0.25) is 0 Å². The molecule has 0 bridgehead atoms. The van der Waals surface area contributed by atoms with Crippen molar-refractivity contribution < 1.29 is 0 Å². The molecule has 0 amide bonds. The molecule has 0 saturated heterocycles. The molecule has 0 spiro atoms. The van der Waals surface area contributed by atoms with E-state index in [1.54, 1.807) is 0 Å². The minimum Gasteiger partial charge on any atom is -0.311 e. The molecule has 1 aliphatic rings. The lowest BCUT2D eigenvalue weighted by atomic mass is 10.1. The molecule has 1 unspecified atom stereocenters. The molecule has 0 fully saturated rings. The van der Waals surface area contributed by atoms with Crippen LogP contribution in [0.2, 0.25) is 0 Å². The Morgan fingerprint density at radius 1 is 1.67 bits per heavy atom. The highest BCUT2D eigenvalue weighted by molar-refractivity contribution is 6.22. The highest BCUT2D eigenvalue weighted by Gasteiger charge is 2.13. The fraction of sp³-hybridized carbons (Fsp3) is 0.600. The Kier molecular flexibility index (Phi) is 3.07. The van der Waals surface area contributed by atoms with Gasteiger partial charge in [0.1, 0.15) is 11.6 Å². The number of halogens is 1. The van der Waals surface area contributed by atoms with Crippen molar-refractivity contribution in [1.29, 1.82) is 0 Å². The maximum Gasteiger partial charge on any atom is 0.147 e. The molecule has 0 saturated carbocycles. The van der Waals surface area contributed by atoms with Crippen molar-refractivity contribution in [1.82, 2.24) is 20.1 Å². The predicted molar refractivity (Wildman–Crippen MR) is 60.0 cm³/mol. The molecule has 4 nitrogen and oxygen atoms in total. The van der Waals surface area contributed by atoms with E-state index in [0.717, 1.165) is 31.2 Å². The smallest absolute Gasteiger partial charge is 0.147 e. The van der Waals surface area contributed by atoms with Gasteiger partial charge in [-0.25, -0.2) is 4.98 Å². The summed E-state index contributed by atoms with van der Waals surface area (Å²) < 4.78 is 1.83. The van der Waals surface area contributed by atoms with E-state index in [0.29, 0.717) is 0 Å². The molecule has 1 atom stereocenters. The molecule has 2 heterocycles. The van der Waals surface area contributed by atoms with Crippen LogP contribution in [0, 0.1) is 6.92 Å². The van der Waals surface area contributed by atoms with E-state index in [4.69, 9.17) is 11.6 Å². The number of aromatic nitrogens is 3. The summed E-state index contributed by atoms with van der Waals surface area (Å²) in [6.45, 7) is 3.65. The highest BCUT2D eigenvalue weighted by Crippen LogP contribution is 2.11. The van der Waals surface area contributed by atoms with Gasteiger partial charge in [-0.15, -0.1) is 11.6 Å². The molecule has 1 aromatic heterocycles. The highest BCUT2D eigenvalue weighted by atomic mass is 35.5. The van der Waals surface area contributed by atoms with E-state index in [2.05, 4.69) is 21.5 Å². The first-order valence-electron chi connectivity index (χ1n) is 5.06. The minimum atomic E-state index is 0.100. The van der Waals surface area contributed by atoms with Gasteiger partial charge in [0.25, 0.3) is 0 Å². The van der Waals surface area contributed by atoms with Crippen LogP contribution in [0.15, 0.2) is 11.6 Å². The maximum absolute atomic E-state index is 6.04. The fourth-order valence-electron chi connectivity index (χ4n) is 1.78. The Hall–Kier alpha value is -0.870. The Balaban J connectivity index is 2.11.